The van der Waals surface area contributed by atoms with Crippen molar-refractivity contribution in [1.29, 1.82) is 0 Å². The minimum Gasteiger partial charge on any atom is -0.329 e. The highest BCUT2D eigenvalue weighted by atomic mass is 32.1. The quantitative estimate of drug-likeness (QED) is 0.688. The van der Waals surface area contributed by atoms with Crippen LogP contribution in [0, 0.1) is 0 Å². The molecule has 0 radical (unpaired) electrons. The zero-order valence-electron chi connectivity index (χ0n) is 8.77. The predicted octanol–water partition coefficient (Wildman–Crippen LogP) is -0.374. The second-order valence-electron chi connectivity index (χ2n) is 3.67. The van der Waals surface area contributed by atoms with E-state index in [1.54, 1.807) is 4.90 Å². The number of piperazine rings is 1. The number of amides is 2. The molecule has 1 unspecified atom stereocenters. The molecule has 0 saturated carbocycles. The number of nitrogens with one attached hydrogen (secondary N) is 1. The third-order valence-electron chi connectivity index (χ3n) is 2.19. The van der Waals surface area contributed by atoms with E-state index >= 15 is 0 Å². The van der Waals surface area contributed by atoms with Gasteiger partial charge >= 0.3 is 0 Å². The standard InChI is InChI=1S/C9H12N4O2S/c1-5(10)6-4-16-9(11-6)13-2-7(14)12-8(15)3-13/h4-5H,2-3,10H2,1H3,(H,12,14,15). The number of anilines is 1. The maximum atomic E-state index is 11.2. The maximum absolute atomic E-state index is 11.2. The molecule has 1 atom stereocenters. The summed E-state index contributed by atoms with van der Waals surface area (Å²) in [6.45, 7) is 2.17. The van der Waals surface area contributed by atoms with Crippen LogP contribution in [0.3, 0.4) is 0 Å². The van der Waals surface area contributed by atoms with E-state index in [0.29, 0.717) is 5.13 Å². The molecule has 2 heterocycles. The van der Waals surface area contributed by atoms with Gasteiger partial charge in [0.1, 0.15) is 13.1 Å². The lowest BCUT2D eigenvalue weighted by molar-refractivity contribution is -0.130. The van der Waals surface area contributed by atoms with Crippen LogP contribution in [0.25, 0.3) is 0 Å². The van der Waals surface area contributed by atoms with Gasteiger partial charge in [0, 0.05) is 11.4 Å². The lowest BCUT2D eigenvalue weighted by Gasteiger charge is -2.24. The van der Waals surface area contributed by atoms with Gasteiger partial charge in [0.15, 0.2) is 5.13 Å². The van der Waals surface area contributed by atoms with Gasteiger partial charge in [0.05, 0.1) is 5.69 Å². The number of carbonyl (C=O) groups is 2. The van der Waals surface area contributed by atoms with Gasteiger partial charge in [-0.2, -0.15) is 0 Å². The van der Waals surface area contributed by atoms with Crippen LogP contribution < -0.4 is 16.0 Å². The SMILES string of the molecule is CC(N)c1csc(N2CC(=O)NC(=O)C2)n1. The van der Waals surface area contributed by atoms with Crippen molar-refractivity contribution >= 4 is 28.3 Å². The molecule has 0 bridgehead atoms. The zero-order valence-corrected chi connectivity index (χ0v) is 9.58. The molecule has 3 N–H and O–H groups in total. The van der Waals surface area contributed by atoms with Crippen molar-refractivity contribution in [2.45, 2.75) is 13.0 Å². The van der Waals surface area contributed by atoms with Gasteiger partial charge in [-0.15, -0.1) is 11.3 Å². The van der Waals surface area contributed by atoms with E-state index in [9.17, 15) is 9.59 Å². The smallest absolute Gasteiger partial charge is 0.246 e. The molecule has 6 nitrogen and oxygen atoms in total. The average molecular weight is 240 g/mol. The fourth-order valence-electron chi connectivity index (χ4n) is 1.40. The normalized spacial score (nSPS) is 18.5. The van der Waals surface area contributed by atoms with Gasteiger partial charge in [0.2, 0.25) is 11.8 Å². The van der Waals surface area contributed by atoms with Gasteiger partial charge in [-0.3, -0.25) is 14.9 Å². The van der Waals surface area contributed by atoms with Gasteiger partial charge in [-0.25, -0.2) is 4.98 Å². The number of imide groups is 1. The summed E-state index contributed by atoms with van der Waals surface area (Å²) in [5, 5.41) is 4.75. The van der Waals surface area contributed by atoms with E-state index in [0.717, 1.165) is 5.69 Å². The Kier molecular flexibility index (Phi) is 2.88. The largest absolute Gasteiger partial charge is 0.329 e. The molecular formula is C9H12N4O2S. The van der Waals surface area contributed by atoms with Crippen molar-refractivity contribution in [2.75, 3.05) is 18.0 Å². The highest BCUT2D eigenvalue weighted by Crippen LogP contribution is 2.23. The minimum absolute atomic E-state index is 0.140. The first-order chi connectivity index (χ1) is 7.56. The summed E-state index contributed by atoms with van der Waals surface area (Å²) in [6.07, 6.45) is 0. The number of thiazole rings is 1. The summed E-state index contributed by atoms with van der Waals surface area (Å²) in [5.41, 5.74) is 6.47. The van der Waals surface area contributed by atoms with Crippen molar-refractivity contribution < 1.29 is 9.59 Å². The fraction of sp³-hybridized carbons (Fsp3) is 0.444. The Morgan fingerprint density at radius 2 is 2.12 bits per heavy atom. The number of rotatable bonds is 2. The number of nitrogens with two attached hydrogens (primary N) is 1. The highest BCUT2D eigenvalue weighted by Gasteiger charge is 2.24. The predicted molar refractivity (Wildman–Crippen MR) is 60.1 cm³/mol. The number of carbonyl (C=O) groups excluding carboxylic acids is 2. The van der Waals surface area contributed by atoms with Crippen molar-refractivity contribution in [3.05, 3.63) is 11.1 Å². The Morgan fingerprint density at radius 1 is 1.50 bits per heavy atom. The summed E-state index contributed by atoms with van der Waals surface area (Å²) >= 11 is 1.39. The summed E-state index contributed by atoms with van der Waals surface area (Å²) in [4.78, 5) is 28.3. The number of aromatic nitrogens is 1. The molecule has 1 aliphatic heterocycles. The molecule has 1 fully saturated rings. The second kappa shape index (κ2) is 4.18. The third-order valence-corrected chi connectivity index (χ3v) is 3.11. The third kappa shape index (κ3) is 2.20. The van der Waals surface area contributed by atoms with Crippen LogP contribution in [0.5, 0.6) is 0 Å². The van der Waals surface area contributed by atoms with Crippen molar-refractivity contribution in [1.82, 2.24) is 10.3 Å². The molecule has 0 aromatic carbocycles. The first-order valence-corrected chi connectivity index (χ1v) is 5.73. The lowest BCUT2D eigenvalue weighted by Crippen LogP contribution is -2.51. The van der Waals surface area contributed by atoms with E-state index < -0.39 is 0 Å². The van der Waals surface area contributed by atoms with E-state index in [-0.39, 0.29) is 30.9 Å². The summed E-state index contributed by atoms with van der Waals surface area (Å²) in [6, 6.07) is -0.140. The lowest BCUT2D eigenvalue weighted by atomic mass is 10.3. The van der Waals surface area contributed by atoms with E-state index in [1.165, 1.54) is 11.3 Å². The Bertz CT molecular complexity index is 413. The zero-order chi connectivity index (χ0) is 11.7. The van der Waals surface area contributed by atoms with Crippen LogP contribution in [-0.4, -0.2) is 29.9 Å². The fourth-order valence-corrected chi connectivity index (χ4v) is 2.33. The number of hydrogen-bond acceptors (Lipinski definition) is 6. The topological polar surface area (TPSA) is 88.3 Å². The maximum Gasteiger partial charge on any atom is 0.246 e. The first kappa shape index (κ1) is 11.0. The summed E-state index contributed by atoms with van der Waals surface area (Å²) < 4.78 is 0. The van der Waals surface area contributed by atoms with Gasteiger partial charge < -0.3 is 10.6 Å². The van der Waals surface area contributed by atoms with Gasteiger partial charge in [-0.05, 0) is 6.92 Å². The van der Waals surface area contributed by atoms with Crippen LogP contribution in [0.2, 0.25) is 0 Å². The van der Waals surface area contributed by atoms with Crippen LogP contribution in [0.4, 0.5) is 5.13 Å². The molecule has 16 heavy (non-hydrogen) atoms. The van der Waals surface area contributed by atoms with Crippen molar-refractivity contribution in [3.63, 3.8) is 0 Å². The van der Waals surface area contributed by atoms with Crippen LogP contribution >= 0.6 is 11.3 Å². The van der Waals surface area contributed by atoms with Crippen LogP contribution in [-0.2, 0) is 9.59 Å². The molecule has 1 aromatic rings. The second-order valence-corrected chi connectivity index (χ2v) is 4.51. The monoisotopic (exact) mass is 240 g/mol. The van der Waals surface area contributed by atoms with Crippen molar-refractivity contribution in [3.8, 4) is 0 Å². The Balaban J connectivity index is 2.16. The first-order valence-electron chi connectivity index (χ1n) is 4.85. The molecule has 2 amide bonds. The van der Waals surface area contributed by atoms with E-state index in [4.69, 9.17) is 5.73 Å². The Hall–Kier alpha value is -1.47. The van der Waals surface area contributed by atoms with Gasteiger partial charge in [-0.1, -0.05) is 0 Å². The molecule has 7 heteroatoms. The molecule has 1 saturated heterocycles. The van der Waals surface area contributed by atoms with Crippen LogP contribution in [0.1, 0.15) is 18.7 Å². The summed E-state index contributed by atoms with van der Waals surface area (Å²) in [5.74, 6) is -0.595. The minimum atomic E-state index is -0.297. The van der Waals surface area contributed by atoms with Crippen molar-refractivity contribution in [2.24, 2.45) is 5.73 Å². The average Bonchev–Trinajstić information content (AvgIpc) is 2.64. The molecule has 0 spiro atoms. The van der Waals surface area contributed by atoms with Gasteiger partial charge in [0.25, 0.3) is 0 Å². The molecule has 0 aliphatic carbocycles. The highest BCUT2D eigenvalue weighted by molar-refractivity contribution is 7.13. The Labute approximate surface area is 96.4 Å². The number of nitrogens with zero attached hydrogens (tertiary/aromatic N) is 2. The molecular weight excluding hydrogens is 228 g/mol. The Morgan fingerprint density at radius 3 is 2.62 bits per heavy atom. The van der Waals surface area contributed by atoms with Crippen LogP contribution in [0.15, 0.2) is 5.38 Å². The van der Waals surface area contributed by atoms with E-state index in [2.05, 4.69) is 10.3 Å². The molecule has 86 valence electrons. The number of hydrogen-bond donors (Lipinski definition) is 2. The van der Waals surface area contributed by atoms with E-state index in [1.807, 2.05) is 12.3 Å². The molecule has 1 aromatic heterocycles. The molecule has 1 aliphatic rings. The summed E-state index contributed by atoms with van der Waals surface area (Å²) in [7, 11) is 0. The molecule has 2 rings (SSSR count).